The van der Waals surface area contributed by atoms with Crippen molar-refractivity contribution < 1.29 is 14.3 Å². The lowest BCUT2D eigenvalue weighted by molar-refractivity contribution is -0.114. The highest BCUT2D eigenvalue weighted by molar-refractivity contribution is 5.97. The van der Waals surface area contributed by atoms with E-state index >= 15 is 0 Å². The Morgan fingerprint density at radius 3 is 2.39 bits per heavy atom. The molecule has 0 spiro atoms. The van der Waals surface area contributed by atoms with Gasteiger partial charge in [0.2, 0.25) is 5.91 Å². The van der Waals surface area contributed by atoms with Gasteiger partial charge in [0.1, 0.15) is 0 Å². The average molecular weight is 484 g/mol. The van der Waals surface area contributed by atoms with E-state index in [4.69, 9.17) is 4.74 Å². The van der Waals surface area contributed by atoms with E-state index in [9.17, 15) is 9.59 Å². The van der Waals surface area contributed by atoms with Crippen LogP contribution in [0, 0.1) is 0 Å². The molecule has 3 aromatic rings. The average Bonchev–Trinajstić information content (AvgIpc) is 3.20. The van der Waals surface area contributed by atoms with Crippen molar-refractivity contribution in [1.82, 2.24) is 10.2 Å². The number of fused-ring (bicyclic) bond motifs is 3. The van der Waals surface area contributed by atoms with Crippen LogP contribution in [0.1, 0.15) is 53.4 Å². The van der Waals surface area contributed by atoms with Crippen LogP contribution in [0.2, 0.25) is 0 Å². The first kappa shape index (κ1) is 24.2. The highest BCUT2D eigenvalue weighted by Crippen LogP contribution is 2.36. The molecule has 1 aliphatic carbocycles. The fourth-order valence-electron chi connectivity index (χ4n) is 5.38. The maximum absolute atomic E-state index is 13.3. The highest BCUT2D eigenvalue weighted by Gasteiger charge is 2.27. The Kier molecular flexibility index (Phi) is 6.90. The number of hydrogen-bond acceptors (Lipinski definition) is 4. The van der Waals surface area contributed by atoms with Crippen LogP contribution >= 0.6 is 0 Å². The van der Waals surface area contributed by atoms with Gasteiger partial charge in [0.25, 0.3) is 5.91 Å². The van der Waals surface area contributed by atoms with E-state index in [2.05, 4.69) is 53.1 Å². The quantitative estimate of drug-likeness (QED) is 0.415. The maximum Gasteiger partial charge on any atom is 0.254 e. The molecule has 0 unspecified atom stereocenters. The Balaban J connectivity index is 1.28. The third-order valence-corrected chi connectivity index (χ3v) is 6.78. The van der Waals surface area contributed by atoms with E-state index in [-0.39, 0.29) is 24.0 Å². The maximum atomic E-state index is 13.3. The molecule has 2 N–H and O–H groups in total. The molecule has 5 rings (SSSR count). The van der Waals surface area contributed by atoms with Gasteiger partial charge in [0.05, 0.1) is 12.2 Å². The van der Waals surface area contributed by atoms with Crippen LogP contribution in [0.15, 0.2) is 60.7 Å². The smallest absolute Gasteiger partial charge is 0.254 e. The molecule has 6 heteroatoms. The Bertz CT molecular complexity index is 1290. The van der Waals surface area contributed by atoms with Crippen molar-refractivity contribution in [1.29, 1.82) is 0 Å². The van der Waals surface area contributed by atoms with Crippen LogP contribution in [-0.2, 0) is 29.0 Å². The lowest BCUT2D eigenvalue weighted by atomic mass is 10.0. The van der Waals surface area contributed by atoms with Gasteiger partial charge < -0.3 is 20.3 Å². The van der Waals surface area contributed by atoms with Crippen LogP contribution in [0.3, 0.4) is 0 Å². The van der Waals surface area contributed by atoms with E-state index in [0.717, 1.165) is 18.5 Å². The lowest BCUT2D eigenvalue weighted by Crippen LogP contribution is -2.48. The predicted molar refractivity (Wildman–Crippen MR) is 142 cm³/mol. The number of carbonyl (C=O) groups is 2. The van der Waals surface area contributed by atoms with Crippen molar-refractivity contribution in [3.63, 3.8) is 0 Å². The largest absolute Gasteiger partial charge is 0.372 e. The number of morpholine rings is 1. The molecule has 2 atom stereocenters. The first-order valence-electron chi connectivity index (χ1n) is 12.6. The molecule has 6 nitrogen and oxygen atoms in total. The molecule has 0 saturated carbocycles. The fourth-order valence-corrected chi connectivity index (χ4v) is 5.38. The van der Waals surface area contributed by atoms with Crippen molar-refractivity contribution in [2.45, 2.75) is 52.5 Å². The minimum atomic E-state index is -0.161. The van der Waals surface area contributed by atoms with E-state index in [1.54, 1.807) is 6.07 Å². The SMILES string of the molecule is CC(=O)Nc1cc(CNCc2ccc3c(c2)Cc2ccccc2-3)cc(C(=O)N2C[C@@H](C)O[C@@H](C)C2)c1. The minimum Gasteiger partial charge on any atom is -0.372 e. The van der Waals surface area contributed by atoms with Crippen LogP contribution in [-0.4, -0.2) is 42.0 Å². The molecule has 0 bridgehead atoms. The Morgan fingerprint density at radius 1 is 0.889 bits per heavy atom. The first-order valence-corrected chi connectivity index (χ1v) is 12.6. The first-order chi connectivity index (χ1) is 17.4. The summed E-state index contributed by atoms with van der Waals surface area (Å²) in [7, 11) is 0. The third-order valence-electron chi connectivity index (χ3n) is 6.78. The van der Waals surface area contributed by atoms with Crippen LogP contribution < -0.4 is 10.6 Å². The molecule has 1 aliphatic heterocycles. The van der Waals surface area contributed by atoms with Gasteiger partial charge in [-0.05, 0) is 71.8 Å². The van der Waals surface area contributed by atoms with Gasteiger partial charge >= 0.3 is 0 Å². The summed E-state index contributed by atoms with van der Waals surface area (Å²) in [5, 5.41) is 6.36. The second-order valence-electron chi connectivity index (χ2n) is 10.00. The second kappa shape index (κ2) is 10.2. The van der Waals surface area contributed by atoms with E-state index < -0.39 is 0 Å². The summed E-state index contributed by atoms with van der Waals surface area (Å²) < 4.78 is 5.78. The standard InChI is InChI=1S/C30H33N3O3/c1-19-17-33(18-20(2)36-19)30(35)26-11-23(12-27(14-26)32-21(3)34)16-31-15-22-8-9-29-25(10-22)13-24-6-4-5-7-28(24)29/h4-12,14,19-20,31H,13,15-18H2,1-3H3,(H,32,34)/t19-,20+. The number of amides is 2. The zero-order valence-electron chi connectivity index (χ0n) is 21.1. The van der Waals surface area contributed by atoms with E-state index in [1.165, 1.54) is 34.7 Å². The summed E-state index contributed by atoms with van der Waals surface area (Å²) in [6.07, 6.45) is 0.970. The number of nitrogens with one attached hydrogen (secondary N) is 2. The molecule has 3 aromatic carbocycles. The Morgan fingerprint density at radius 2 is 1.61 bits per heavy atom. The van der Waals surface area contributed by atoms with Crippen molar-refractivity contribution >= 4 is 17.5 Å². The van der Waals surface area contributed by atoms with Crippen molar-refractivity contribution in [2.24, 2.45) is 0 Å². The molecular weight excluding hydrogens is 450 g/mol. The molecule has 1 saturated heterocycles. The second-order valence-corrected chi connectivity index (χ2v) is 10.00. The normalized spacial score (nSPS) is 18.5. The summed E-state index contributed by atoms with van der Waals surface area (Å²) in [6.45, 7) is 7.86. The summed E-state index contributed by atoms with van der Waals surface area (Å²) >= 11 is 0. The molecule has 186 valence electrons. The zero-order chi connectivity index (χ0) is 25.2. The van der Waals surface area contributed by atoms with Crippen molar-refractivity contribution in [2.75, 3.05) is 18.4 Å². The molecule has 2 aliphatic rings. The topological polar surface area (TPSA) is 70.7 Å². The zero-order valence-corrected chi connectivity index (χ0v) is 21.1. The predicted octanol–water partition coefficient (Wildman–Crippen LogP) is 4.76. The number of anilines is 1. The molecule has 36 heavy (non-hydrogen) atoms. The number of ether oxygens (including phenoxy) is 1. The van der Waals surface area contributed by atoms with Crippen LogP contribution in [0.25, 0.3) is 11.1 Å². The number of nitrogens with zero attached hydrogens (tertiary/aromatic N) is 1. The minimum absolute atomic E-state index is 0.00234. The summed E-state index contributed by atoms with van der Waals surface area (Å²) in [6, 6.07) is 20.9. The molecule has 2 amide bonds. The molecule has 1 heterocycles. The molecule has 0 radical (unpaired) electrons. The van der Waals surface area contributed by atoms with Crippen LogP contribution in [0.5, 0.6) is 0 Å². The van der Waals surface area contributed by atoms with Gasteiger partial charge in [0, 0.05) is 44.4 Å². The molecular formula is C30H33N3O3. The summed E-state index contributed by atoms with van der Waals surface area (Å²) in [5.74, 6) is -0.199. The number of hydrogen-bond donors (Lipinski definition) is 2. The number of rotatable bonds is 6. The van der Waals surface area contributed by atoms with Gasteiger partial charge in [-0.25, -0.2) is 0 Å². The lowest BCUT2D eigenvalue weighted by Gasteiger charge is -2.35. The summed E-state index contributed by atoms with van der Waals surface area (Å²) in [4.78, 5) is 26.9. The van der Waals surface area contributed by atoms with Gasteiger partial charge in [-0.15, -0.1) is 0 Å². The van der Waals surface area contributed by atoms with Crippen molar-refractivity contribution in [3.05, 3.63) is 88.5 Å². The highest BCUT2D eigenvalue weighted by atomic mass is 16.5. The van der Waals surface area contributed by atoms with Gasteiger partial charge in [0.15, 0.2) is 0 Å². The number of benzene rings is 3. The monoisotopic (exact) mass is 483 g/mol. The van der Waals surface area contributed by atoms with Gasteiger partial charge in [-0.2, -0.15) is 0 Å². The Labute approximate surface area is 212 Å². The van der Waals surface area contributed by atoms with E-state index in [1.807, 2.05) is 30.9 Å². The van der Waals surface area contributed by atoms with Crippen molar-refractivity contribution in [3.8, 4) is 11.1 Å². The molecule has 1 fully saturated rings. The van der Waals surface area contributed by atoms with Gasteiger partial charge in [-0.1, -0.05) is 42.5 Å². The fraction of sp³-hybridized carbons (Fsp3) is 0.333. The summed E-state index contributed by atoms with van der Waals surface area (Å²) in [5.41, 5.74) is 8.80. The number of carbonyl (C=O) groups excluding carboxylic acids is 2. The Hall–Kier alpha value is -3.48. The van der Waals surface area contributed by atoms with Gasteiger partial charge in [-0.3, -0.25) is 9.59 Å². The third kappa shape index (κ3) is 5.35. The molecule has 0 aromatic heterocycles. The van der Waals surface area contributed by atoms with Crippen LogP contribution in [0.4, 0.5) is 5.69 Å². The van der Waals surface area contributed by atoms with E-state index in [0.29, 0.717) is 30.9 Å².